The lowest BCUT2D eigenvalue weighted by molar-refractivity contribution is -0.140. The van der Waals surface area contributed by atoms with Crippen molar-refractivity contribution in [2.24, 2.45) is 0 Å². The number of hydrogen-bond acceptors (Lipinski definition) is 4. The van der Waals surface area contributed by atoms with Gasteiger partial charge in [0.1, 0.15) is 0 Å². The van der Waals surface area contributed by atoms with E-state index in [2.05, 4.69) is 10.6 Å². The average molecular weight is 389 g/mol. The maximum Gasteiger partial charge on any atom is 0.329 e. The topological polar surface area (TPSA) is 84.9 Å². The minimum Gasteiger partial charge on any atom is -0.359 e. The second-order valence-corrected chi connectivity index (χ2v) is 6.96. The maximum absolute atomic E-state index is 13.0. The monoisotopic (exact) mass is 388 g/mol. The highest BCUT2D eigenvalue weighted by atomic mass is 35.5. The van der Waals surface area contributed by atoms with Gasteiger partial charge in [-0.15, -0.1) is 0 Å². The molecule has 2 aromatic carbocycles. The van der Waals surface area contributed by atoms with Crippen LogP contribution in [0.25, 0.3) is 0 Å². The molecule has 0 bridgehead atoms. The summed E-state index contributed by atoms with van der Waals surface area (Å²) in [6.45, 7) is 0.920. The molecule has 0 saturated carbocycles. The normalized spacial score (nSPS) is 18.9. The molecule has 0 spiro atoms. The van der Waals surface area contributed by atoms with Crippen LogP contribution in [-0.4, -0.2) is 49.1 Å². The molecule has 0 saturated heterocycles. The SMILES string of the molecule is CN(C)CCNC(=O)C1(O)c2ccccc2NC(=O)N1c1ccc(Cl)cc1. The van der Waals surface area contributed by atoms with Gasteiger partial charge in [0, 0.05) is 29.4 Å². The zero-order chi connectivity index (χ0) is 19.6. The zero-order valence-corrected chi connectivity index (χ0v) is 15.8. The lowest BCUT2D eigenvalue weighted by Gasteiger charge is -2.42. The number of rotatable bonds is 5. The van der Waals surface area contributed by atoms with Crippen molar-refractivity contribution < 1.29 is 14.7 Å². The van der Waals surface area contributed by atoms with Crippen LogP contribution >= 0.6 is 11.6 Å². The van der Waals surface area contributed by atoms with Crippen molar-refractivity contribution >= 4 is 34.9 Å². The number of amides is 3. The summed E-state index contributed by atoms with van der Waals surface area (Å²) >= 11 is 5.93. The van der Waals surface area contributed by atoms with Crippen LogP contribution in [-0.2, 0) is 10.5 Å². The predicted molar refractivity (Wildman–Crippen MR) is 105 cm³/mol. The predicted octanol–water partition coefficient (Wildman–Crippen LogP) is 2.22. The quantitative estimate of drug-likeness (QED) is 0.733. The van der Waals surface area contributed by atoms with Crippen molar-refractivity contribution in [1.29, 1.82) is 0 Å². The van der Waals surface area contributed by atoms with Gasteiger partial charge in [-0.05, 0) is 44.4 Å². The smallest absolute Gasteiger partial charge is 0.329 e. The Bertz CT molecular complexity index is 856. The molecule has 3 amide bonds. The highest BCUT2D eigenvalue weighted by Crippen LogP contribution is 2.39. The minimum atomic E-state index is -2.20. The first-order chi connectivity index (χ1) is 12.8. The van der Waals surface area contributed by atoms with Crippen molar-refractivity contribution in [2.75, 3.05) is 37.4 Å². The van der Waals surface area contributed by atoms with E-state index >= 15 is 0 Å². The van der Waals surface area contributed by atoms with Gasteiger partial charge in [-0.1, -0.05) is 29.8 Å². The first-order valence-corrected chi connectivity index (χ1v) is 8.83. The van der Waals surface area contributed by atoms with Crippen LogP contribution in [0.15, 0.2) is 48.5 Å². The van der Waals surface area contributed by atoms with Crippen molar-refractivity contribution in [1.82, 2.24) is 10.2 Å². The number of carbonyl (C=O) groups is 2. The van der Waals surface area contributed by atoms with E-state index in [1.807, 2.05) is 19.0 Å². The molecular weight excluding hydrogens is 368 g/mol. The third kappa shape index (κ3) is 3.62. The van der Waals surface area contributed by atoms with Gasteiger partial charge in [0.05, 0.1) is 5.69 Å². The van der Waals surface area contributed by atoms with Gasteiger partial charge < -0.3 is 20.6 Å². The Balaban J connectivity index is 2.06. The summed E-state index contributed by atoms with van der Waals surface area (Å²) in [5.41, 5.74) is -1.17. The molecular formula is C19H21ClN4O3. The van der Waals surface area contributed by atoms with E-state index < -0.39 is 17.7 Å². The van der Waals surface area contributed by atoms with E-state index in [0.717, 1.165) is 4.90 Å². The summed E-state index contributed by atoms with van der Waals surface area (Å²) in [4.78, 5) is 28.8. The summed E-state index contributed by atoms with van der Waals surface area (Å²) in [5.74, 6) is -0.679. The van der Waals surface area contributed by atoms with E-state index in [0.29, 0.717) is 35.1 Å². The molecule has 142 valence electrons. The molecule has 0 radical (unpaired) electrons. The Labute approximate surface area is 162 Å². The standard InChI is InChI=1S/C19H21ClN4O3/c1-23(2)12-11-21-17(25)19(27)15-5-3-4-6-16(15)22-18(26)24(19)14-9-7-13(20)8-10-14/h3-10,27H,11-12H2,1-2H3,(H,21,25)(H,22,26). The maximum atomic E-state index is 13.0. The number of nitrogens with zero attached hydrogens (tertiary/aromatic N) is 2. The fourth-order valence-electron chi connectivity index (χ4n) is 2.97. The Kier molecular flexibility index (Phi) is 5.36. The summed E-state index contributed by atoms with van der Waals surface area (Å²) in [6, 6.07) is 12.4. The van der Waals surface area contributed by atoms with E-state index in [-0.39, 0.29) is 0 Å². The number of para-hydroxylation sites is 1. The van der Waals surface area contributed by atoms with Crippen molar-refractivity contribution in [3.8, 4) is 0 Å². The first-order valence-electron chi connectivity index (χ1n) is 8.45. The van der Waals surface area contributed by atoms with Gasteiger partial charge in [0.15, 0.2) is 0 Å². The Morgan fingerprint density at radius 2 is 1.89 bits per heavy atom. The average Bonchev–Trinajstić information content (AvgIpc) is 2.63. The number of nitrogens with one attached hydrogen (secondary N) is 2. The molecule has 7 nitrogen and oxygen atoms in total. The van der Waals surface area contributed by atoms with Crippen LogP contribution in [0, 0.1) is 0 Å². The largest absolute Gasteiger partial charge is 0.359 e. The van der Waals surface area contributed by atoms with Gasteiger partial charge >= 0.3 is 6.03 Å². The van der Waals surface area contributed by atoms with Gasteiger partial charge in [0.25, 0.3) is 11.6 Å². The van der Waals surface area contributed by atoms with Gasteiger partial charge in [0.2, 0.25) is 0 Å². The molecule has 1 aliphatic heterocycles. The molecule has 0 fully saturated rings. The molecule has 27 heavy (non-hydrogen) atoms. The Morgan fingerprint density at radius 3 is 2.56 bits per heavy atom. The van der Waals surface area contributed by atoms with Gasteiger partial charge in [-0.2, -0.15) is 0 Å². The van der Waals surface area contributed by atoms with E-state index in [4.69, 9.17) is 11.6 Å². The number of anilines is 2. The van der Waals surface area contributed by atoms with Crippen LogP contribution in [0.5, 0.6) is 0 Å². The van der Waals surface area contributed by atoms with Crippen LogP contribution in [0.1, 0.15) is 5.56 Å². The summed E-state index contributed by atoms with van der Waals surface area (Å²) < 4.78 is 0. The van der Waals surface area contributed by atoms with Crippen LogP contribution in [0.2, 0.25) is 5.02 Å². The Morgan fingerprint density at radius 1 is 1.22 bits per heavy atom. The van der Waals surface area contributed by atoms with Crippen LogP contribution in [0.4, 0.5) is 16.2 Å². The summed E-state index contributed by atoms with van der Waals surface area (Å²) in [5, 5.41) is 17.4. The number of carbonyl (C=O) groups excluding carboxylic acids is 2. The number of likely N-dealkylation sites (N-methyl/N-ethyl adjacent to an activating group) is 1. The fraction of sp³-hybridized carbons (Fsp3) is 0.263. The lowest BCUT2D eigenvalue weighted by atomic mass is 9.95. The van der Waals surface area contributed by atoms with E-state index in [1.54, 1.807) is 48.5 Å². The number of halogens is 1. The van der Waals surface area contributed by atoms with Gasteiger partial charge in [-0.3, -0.25) is 9.69 Å². The number of urea groups is 1. The first kappa shape index (κ1) is 19.2. The lowest BCUT2D eigenvalue weighted by Crippen LogP contribution is -2.62. The third-order valence-electron chi connectivity index (χ3n) is 4.32. The summed E-state index contributed by atoms with van der Waals surface area (Å²) in [6.07, 6.45) is 0. The molecule has 1 heterocycles. The number of hydrogen-bond donors (Lipinski definition) is 3. The molecule has 3 rings (SSSR count). The van der Waals surface area contributed by atoms with Crippen molar-refractivity contribution in [3.05, 3.63) is 59.1 Å². The van der Waals surface area contributed by atoms with Crippen molar-refractivity contribution in [2.45, 2.75) is 5.72 Å². The van der Waals surface area contributed by atoms with Gasteiger partial charge in [-0.25, -0.2) is 4.79 Å². The van der Waals surface area contributed by atoms with E-state index in [1.165, 1.54) is 0 Å². The zero-order valence-electron chi connectivity index (χ0n) is 15.1. The molecule has 1 unspecified atom stereocenters. The number of aliphatic hydroxyl groups is 1. The Hall–Kier alpha value is -2.61. The highest BCUT2D eigenvalue weighted by molar-refractivity contribution is 6.30. The molecule has 1 atom stereocenters. The number of benzene rings is 2. The van der Waals surface area contributed by atoms with Crippen LogP contribution in [0.3, 0.4) is 0 Å². The molecule has 0 aliphatic carbocycles. The number of fused-ring (bicyclic) bond motifs is 1. The fourth-order valence-corrected chi connectivity index (χ4v) is 3.10. The molecule has 8 heteroatoms. The highest BCUT2D eigenvalue weighted by Gasteiger charge is 2.51. The second-order valence-electron chi connectivity index (χ2n) is 6.52. The van der Waals surface area contributed by atoms with Crippen molar-refractivity contribution in [3.63, 3.8) is 0 Å². The molecule has 0 aromatic heterocycles. The summed E-state index contributed by atoms with van der Waals surface area (Å²) in [7, 11) is 3.76. The molecule has 3 N–H and O–H groups in total. The second kappa shape index (κ2) is 7.56. The molecule has 1 aliphatic rings. The third-order valence-corrected chi connectivity index (χ3v) is 4.57. The van der Waals surface area contributed by atoms with Crippen LogP contribution < -0.4 is 15.5 Å². The minimum absolute atomic E-state index is 0.293. The molecule has 2 aromatic rings. The van der Waals surface area contributed by atoms with E-state index in [9.17, 15) is 14.7 Å².